The molecule has 1 saturated heterocycles. The first-order valence-corrected chi connectivity index (χ1v) is 16.4. The average Bonchev–Trinajstić information content (AvgIpc) is 3.03. The number of aromatic nitrogens is 3. The predicted octanol–water partition coefficient (Wildman–Crippen LogP) is 2.02. The van der Waals surface area contributed by atoms with Crippen molar-refractivity contribution in [1.29, 1.82) is 0 Å². The number of hydrogen-bond acceptors (Lipinski definition) is 9. The summed E-state index contributed by atoms with van der Waals surface area (Å²) in [4.78, 5) is 57.7. The number of carbonyl (C=O) groups excluding carboxylic acids is 2. The number of halogens is 2. The van der Waals surface area contributed by atoms with Crippen LogP contribution in [0, 0.1) is 18.6 Å². The normalized spacial score (nSPS) is 16.6. The van der Waals surface area contributed by atoms with Gasteiger partial charge in [0, 0.05) is 62.1 Å². The quantitative estimate of drug-likeness (QED) is 0.292. The molecule has 3 heterocycles. The number of anilines is 1. The van der Waals surface area contributed by atoms with E-state index in [1.54, 1.807) is 38.2 Å². The van der Waals surface area contributed by atoms with Gasteiger partial charge in [-0.05, 0) is 37.6 Å². The number of fused-ring (bicyclic) bond motifs is 1. The van der Waals surface area contributed by atoms with Crippen LogP contribution in [-0.2, 0) is 39.9 Å². The van der Waals surface area contributed by atoms with E-state index in [4.69, 9.17) is 4.74 Å². The van der Waals surface area contributed by atoms with Gasteiger partial charge in [0.15, 0.2) is 9.84 Å². The van der Waals surface area contributed by atoms with Crippen molar-refractivity contribution in [3.05, 3.63) is 91.9 Å². The molecule has 2 aromatic carbocycles. The zero-order valence-corrected chi connectivity index (χ0v) is 27.2. The molecule has 1 aliphatic heterocycles. The molecule has 0 unspecified atom stereocenters. The molecular formula is C32H33F2N5O7S. The molecule has 47 heavy (non-hydrogen) atoms. The molecule has 15 heteroatoms. The SMILES string of the molecule is COC(=O)[C@H](Cc1ccc(-c2c(C)n(C)c(=O)n(C)c2=O)c2ncccc12)NC(=O)c1c(F)cc(N2CCS(=O)(=O)[C@@H](C)C2)cc1F. The lowest BCUT2D eigenvalue weighted by Crippen LogP contribution is -2.46. The highest BCUT2D eigenvalue weighted by Crippen LogP contribution is 2.30. The van der Waals surface area contributed by atoms with Gasteiger partial charge in [-0.2, -0.15) is 0 Å². The zero-order chi connectivity index (χ0) is 34.4. The molecule has 2 aromatic heterocycles. The number of nitrogens with one attached hydrogen (secondary N) is 1. The minimum atomic E-state index is -3.30. The molecule has 0 spiro atoms. The van der Waals surface area contributed by atoms with Gasteiger partial charge in [0.2, 0.25) is 0 Å². The van der Waals surface area contributed by atoms with Gasteiger partial charge in [-0.15, -0.1) is 0 Å². The summed E-state index contributed by atoms with van der Waals surface area (Å²) >= 11 is 0. The van der Waals surface area contributed by atoms with Crippen molar-refractivity contribution in [3.8, 4) is 11.1 Å². The Labute approximate surface area is 268 Å². The van der Waals surface area contributed by atoms with Gasteiger partial charge in [-0.1, -0.05) is 18.2 Å². The van der Waals surface area contributed by atoms with E-state index in [1.165, 1.54) is 29.6 Å². The Kier molecular flexibility index (Phi) is 9.04. The van der Waals surface area contributed by atoms with Crippen LogP contribution in [0.4, 0.5) is 14.5 Å². The second-order valence-electron chi connectivity index (χ2n) is 11.5. The number of rotatable bonds is 7. The van der Waals surface area contributed by atoms with Crippen LogP contribution in [0.15, 0.2) is 52.2 Å². The summed E-state index contributed by atoms with van der Waals surface area (Å²) in [7, 11) is 0.733. The summed E-state index contributed by atoms with van der Waals surface area (Å²) in [6.07, 6.45) is 1.36. The molecule has 5 rings (SSSR count). The van der Waals surface area contributed by atoms with Gasteiger partial charge in [0.05, 0.1) is 29.2 Å². The van der Waals surface area contributed by atoms with Gasteiger partial charge in [-0.3, -0.25) is 19.1 Å². The lowest BCUT2D eigenvalue weighted by molar-refractivity contribution is -0.142. The van der Waals surface area contributed by atoms with Gasteiger partial charge >= 0.3 is 11.7 Å². The van der Waals surface area contributed by atoms with Crippen LogP contribution >= 0.6 is 0 Å². The minimum absolute atomic E-state index is 0.0370. The van der Waals surface area contributed by atoms with Crippen LogP contribution in [0.2, 0.25) is 0 Å². The fraction of sp³-hybridized carbons (Fsp3) is 0.344. The molecule has 248 valence electrons. The molecule has 4 aromatic rings. The number of sulfone groups is 1. The molecule has 12 nitrogen and oxygen atoms in total. The van der Waals surface area contributed by atoms with Crippen molar-refractivity contribution in [3.63, 3.8) is 0 Å². The molecule has 1 fully saturated rings. The summed E-state index contributed by atoms with van der Waals surface area (Å²) in [5.41, 5.74) is 0.213. The third kappa shape index (κ3) is 6.14. The third-order valence-electron chi connectivity index (χ3n) is 8.66. The van der Waals surface area contributed by atoms with Crippen molar-refractivity contribution in [2.45, 2.75) is 31.6 Å². The maximum atomic E-state index is 15.3. The van der Waals surface area contributed by atoms with E-state index in [0.29, 0.717) is 27.7 Å². The first kappa shape index (κ1) is 33.4. The topological polar surface area (TPSA) is 150 Å². The van der Waals surface area contributed by atoms with E-state index in [9.17, 15) is 27.6 Å². The monoisotopic (exact) mass is 669 g/mol. The van der Waals surface area contributed by atoms with Crippen molar-refractivity contribution < 1.29 is 31.5 Å². The molecule has 2 atom stereocenters. The second kappa shape index (κ2) is 12.7. The second-order valence-corrected chi connectivity index (χ2v) is 14.0. The predicted molar refractivity (Wildman–Crippen MR) is 171 cm³/mol. The minimum Gasteiger partial charge on any atom is -0.467 e. The lowest BCUT2D eigenvalue weighted by atomic mass is 9.95. The van der Waals surface area contributed by atoms with Crippen LogP contribution in [0.1, 0.15) is 28.5 Å². The number of benzene rings is 2. The van der Waals surface area contributed by atoms with Crippen LogP contribution < -0.4 is 21.5 Å². The number of amides is 1. The first-order valence-electron chi connectivity index (χ1n) is 14.6. The Morgan fingerprint density at radius 1 is 1.11 bits per heavy atom. The van der Waals surface area contributed by atoms with Crippen LogP contribution in [0.5, 0.6) is 0 Å². The number of ether oxygens (including phenoxy) is 1. The molecule has 1 amide bonds. The highest BCUT2D eigenvalue weighted by molar-refractivity contribution is 7.92. The molecule has 1 N–H and O–H groups in total. The summed E-state index contributed by atoms with van der Waals surface area (Å²) in [6.45, 7) is 3.24. The fourth-order valence-corrected chi connectivity index (χ4v) is 7.08. The zero-order valence-electron chi connectivity index (χ0n) is 26.3. The van der Waals surface area contributed by atoms with Gasteiger partial charge in [0.1, 0.15) is 23.2 Å². The highest BCUT2D eigenvalue weighted by Gasteiger charge is 2.32. The van der Waals surface area contributed by atoms with E-state index >= 15 is 8.78 Å². The Balaban J connectivity index is 1.47. The van der Waals surface area contributed by atoms with Crippen LogP contribution in [-0.4, -0.2) is 71.7 Å². The molecule has 0 aliphatic carbocycles. The van der Waals surface area contributed by atoms with E-state index in [1.807, 2.05) is 0 Å². The number of nitrogens with zero attached hydrogens (tertiary/aromatic N) is 4. The van der Waals surface area contributed by atoms with Crippen molar-refractivity contribution in [2.24, 2.45) is 14.1 Å². The fourth-order valence-electron chi connectivity index (χ4n) is 5.80. The van der Waals surface area contributed by atoms with Gasteiger partial charge in [0.25, 0.3) is 11.5 Å². The van der Waals surface area contributed by atoms with Crippen molar-refractivity contribution in [2.75, 3.05) is 30.9 Å². The molecule has 0 bridgehead atoms. The Hall–Kier alpha value is -4.92. The summed E-state index contributed by atoms with van der Waals surface area (Å²) in [5, 5.41) is 2.18. The van der Waals surface area contributed by atoms with E-state index < -0.39 is 61.5 Å². The van der Waals surface area contributed by atoms with E-state index in [0.717, 1.165) is 23.8 Å². The van der Waals surface area contributed by atoms with Gasteiger partial charge in [-0.25, -0.2) is 26.8 Å². The molecule has 1 aliphatic rings. The van der Waals surface area contributed by atoms with Crippen LogP contribution in [0.25, 0.3) is 22.0 Å². The maximum Gasteiger partial charge on any atom is 0.330 e. The smallest absolute Gasteiger partial charge is 0.330 e. The van der Waals surface area contributed by atoms with E-state index in [2.05, 4.69) is 10.3 Å². The van der Waals surface area contributed by atoms with Crippen molar-refractivity contribution >= 4 is 38.3 Å². The van der Waals surface area contributed by atoms with Crippen LogP contribution in [0.3, 0.4) is 0 Å². The summed E-state index contributed by atoms with van der Waals surface area (Å²) in [6, 6.07) is 7.17. The van der Waals surface area contributed by atoms with Gasteiger partial charge < -0.3 is 19.5 Å². The third-order valence-corrected chi connectivity index (χ3v) is 10.8. The number of esters is 1. The van der Waals surface area contributed by atoms with E-state index in [-0.39, 0.29) is 36.5 Å². The largest absolute Gasteiger partial charge is 0.467 e. The van der Waals surface area contributed by atoms with Crippen molar-refractivity contribution in [1.82, 2.24) is 19.4 Å². The summed E-state index contributed by atoms with van der Waals surface area (Å²) in [5.74, 6) is -4.61. The number of carbonyl (C=O) groups is 2. The maximum absolute atomic E-state index is 15.3. The Bertz CT molecular complexity index is 2140. The first-order chi connectivity index (χ1) is 22.2. The molecule has 0 saturated carbocycles. The molecule has 0 radical (unpaired) electrons. The summed E-state index contributed by atoms with van der Waals surface area (Å²) < 4.78 is 61.9. The Morgan fingerprint density at radius 2 is 1.79 bits per heavy atom. The average molecular weight is 670 g/mol. The number of methoxy groups -OCH3 is 1. The standard InChI is InChI=1S/C32H33F2N5O7S/c1-17-16-39(11-12-47(17,44)45)20-14-23(33)27(24(34)15-20)29(40)36-25(31(42)46-5)13-19-8-9-22(28-21(19)7-6-10-35-28)26-18(2)37(3)32(43)38(4)30(26)41/h6-10,14-15,17,25H,11-13,16H2,1-5H3,(H,36,40)/t17-,25-/m0/s1. The Morgan fingerprint density at radius 3 is 2.43 bits per heavy atom. The number of hydrogen-bond donors (Lipinski definition) is 1. The highest BCUT2D eigenvalue weighted by atomic mass is 32.2. The molecular weight excluding hydrogens is 636 g/mol. The number of pyridine rings is 1. The lowest BCUT2D eigenvalue weighted by Gasteiger charge is -2.32.